The van der Waals surface area contributed by atoms with E-state index >= 15 is 0 Å². The van der Waals surface area contributed by atoms with Crippen LogP contribution < -0.4 is 0 Å². The van der Waals surface area contributed by atoms with Gasteiger partial charge < -0.3 is 0 Å². The van der Waals surface area contributed by atoms with Crippen molar-refractivity contribution in [2.24, 2.45) is 0 Å². The van der Waals surface area contributed by atoms with Crippen molar-refractivity contribution in [3.63, 3.8) is 0 Å². The van der Waals surface area contributed by atoms with Gasteiger partial charge in [-0.1, -0.05) is 18.2 Å². The molecule has 0 bridgehead atoms. The molecule has 1 heterocycles. The van der Waals surface area contributed by atoms with Crippen molar-refractivity contribution in [2.45, 2.75) is 4.90 Å². The van der Waals surface area contributed by atoms with Crippen LogP contribution in [0.1, 0.15) is 5.56 Å². The quantitative estimate of drug-likeness (QED) is 0.597. The summed E-state index contributed by atoms with van der Waals surface area (Å²) in [5, 5.41) is 9.07. The van der Waals surface area contributed by atoms with Crippen LogP contribution in [0.25, 0.3) is 6.08 Å². The lowest BCUT2D eigenvalue weighted by atomic mass is 10.2. The normalized spacial score (nSPS) is 14.8. The van der Waals surface area contributed by atoms with Gasteiger partial charge in [0.05, 0.1) is 0 Å². The number of fused-ring (bicyclic) bond motifs is 1. The van der Waals surface area contributed by atoms with E-state index in [4.69, 9.17) is 5.21 Å². The van der Waals surface area contributed by atoms with Gasteiger partial charge in [-0.25, -0.2) is 4.47 Å². The topological polar surface area (TPSA) is 23.5 Å². The van der Waals surface area contributed by atoms with E-state index in [9.17, 15) is 0 Å². The molecule has 2 nitrogen and oxygen atoms in total. The molecule has 1 aromatic rings. The molecule has 0 spiro atoms. The molecule has 2 rings (SSSR count). The van der Waals surface area contributed by atoms with Crippen LogP contribution in [-0.4, -0.2) is 9.68 Å². The zero-order chi connectivity index (χ0) is 7.68. The zero-order valence-electron chi connectivity index (χ0n) is 5.77. The van der Waals surface area contributed by atoms with Crippen LogP contribution in [-0.2, 0) is 0 Å². The van der Waals surface area contributed by atoms with Gasteiger partial charge in [-0.05, 0) is 17.7 Å². The molecular weight excluding hydrogens is 158 g/mol. The lowest BCUT2D eigenvalue weighted by Gasteiger charge is -2.16. The molecule has 0 atom stereocenters. The van der Waals surface area contributed by atoms with Crippen LogP contribution >= 0.6 is 11.9 Å². The van der Waals surface area contributed by atoms with E-state index in [1.54, 1.807) is 6.20 Å². The van der Waals surface area contributed by atoms with Crippen molar-refractivity contribution in [3.05, 3.63) is 36.0 Å². The minimum absolute atomic E-state index is 1.08. The summed E-state index contributed by atoms with van der Waals surface area (Å²) in [6.07, 6.45) is 3.51. The fraction of sp³-hybridized carbons (Fsp3) is 0. The Morgan fingerprint density at radius 1 is 1.27 bits per heavy atom. The highest BCUT2D eigenvalue weighted by Crippen LogP contribution is 2.29. The number of nitrogens with zero attached hydrogens (tertiary/aromatic N) is 1. The Morgan fingerprint density at radius 3 is 3.00 bits per heavy atom. The third-order valence-electron chi connectivity index (χ3n) is 1.49. The van der Waals surface area contributed by atoms with Gasteiger partial charge in [0, 0.05) is 23.0 Å². The van der Waals surface area contributed by atoms with E-state index in [1.165, 1.54) is 11.9 Å². The Labute approximate surface area is 69.2 Å². The minimum Gasteiger partial charge on any atom is -0.278 e. The van der Waals surface area contributed by atoms with Crippen molar-refractivity contribution in [3.8, 4) is 0 Å². The maximum Gasteiger partial charge on any atom is 0.0413 e. The van der Waals surface area contributed by atoms with E-state index in [1.807, 2.05) is 30.3 Å². The van der Waals surface area contributed by atoms with Crippen molar-refractivity contribution in [1.29, 1.82) is 0 Å². The van der Waals surface area contributed by atoms with Crippen molar-refractivity contribution >= 4 is 18.0 Å². The van der Waals surface area contributed by atoms with E-state index < -0.39 is 0 Å². The zero-order valence-corrected chi connectivity index (χ0v) is 6.58. The maximum absolute atomic E-state index is 9.07. The molecule has 0 aliphatic carbocycles. The largest absolute Gasteiger partial charge is 0.278 e. The molecule has 56 valence electrons. The highest BCUT2D eigenvalue weighted by atomic mass is 32.2. The third kappa shape index (κ3) is 1.25. The van der Waals surface area contributed by atoms with Gasteiger partial charge in [-0.3, -0.25) is 5.21 Å². The monoisotopic (exact) mass is 165 g/mol. The SMILES string of the molecule is ON1C=Cc2ccccc2S1. The van der Waals surface area contributed by atoms with Gasteiger partial charge in [-0.15, -0.1) is 0 Å². The minimum atomic E-state index is 1.08. The summed E-state index contributed by atoms with van der Waals surface area (Å²) in [6, 6.07) is 7.94. The van der Waals surface area contributed by atoms with Crippen LogP contribution in [0.4, 0.5) is 0 Å². The van der Waals surface area contributed by atoms with Crippen LogP contribution in [0.3, 0.4) is 0 Å². The Balaban J connectivity index is 2.46. The van der Waals surface area contributed by atoms with Gasteiger partial charge >= 0.3 is 0 Å². The fourth-order valence-corrected chi connectivity index (χ4v) is 1.68. The number of hydrogen-bond donors (Lipinski definition) is 1. The molecule has 0 saturated carbocycles. The smallest absolute Gasteiger partial charge is 0.0413 e. The van der Waals surface area contributed by atoms with Crippen LogP contribution in [0.15, 0.2) is 35.4 Å². The first kappa shape index (κ1) is 6.76. The van der Waals surface area contributed by atoms with Crippen LogP contribution in [0, 0.1) is 0 Å². The highest BCUT2D eigenvalue weighted by molar-refractivity contribution is 7.97. The first-order valence-corrected chi connectivity index (χ1v) is 4.07. The molecule has 0 fully saturated rings. The molecule has 11 heavy (non-hydrogen) atoms. The molecule has 1 aromatic carbocycles. The van der Waals surface area contributed by atoms with Crippen molar-refractivity contribution < 1.29 is 5.21 Å². The molecule has 0 saturated heterocycles. The first-order valence-electron chi connectivity index (χ1n) is 3.29. The molecule has 1 N–H and O–H groups in total. The Bertz CT molecular complexity index is 298. The number of hydrogen-bond acceptors (Lipinski definition) is 3. The van der Waals surface area contributed by atoms with Gasteiger partial charge in [0.25, 0.3) is 0 Å². The standard InChI is InChI=1S/C8H7NOS/c10-9-6-5-7-3-1-2-4-8(7)11-9/h1-6,10H. The average Bonchev–Trinajstić information content (AvgIpc) is 2.04. The second-order valence-electron chi connectivity index (χ2n) is 2.25. The predicted octanol–water partition coefficient (Wildman–Crippen LogP) is 2.37. The summed E-state index contributed by atoms with van der Waals surface area (Å²) in [5.74, 6) is 0. The Morgan fingerprint density at radius 2 is 2.09 bits per heavy atom. The predicted molar refractivity (Wildman–Crippen MR) is 45.0 cm³/mol. The fourth-order valence-electron chi connectivity index (χ4n) is 0.977. The molecular formula is C8H7NOS. The molecule has 3 heteroatoms. The number of benzene rings is 1. The lowest BCUT2D eigenvalue weighted by Crippen LogP contribution is -2.03. The molecule has 0 amide bonds. The maximum atomic E-state index is 9.07. The van der Waals surface area contributed by atoms with E-state index in [2.05, 4.69) is 0 Å². The van der Waals surface area contributed by atoms with Crippen LogP contribution in [0.5, 0.6) is 0 Å². The Hall–Kier alpha value is -0.930. The average molecular weight is 165 g/mol. The summed E-state index contributed by atoms with van der Waals surface area (Å²) in [7, 11) is 0. The van der Waals surface area contributed by atoms with Gasteiger partial charge in [0.2, 0.25) is 0 Å². The number of rotatable bonds is 0. The van der Waals surface area contributed by atoms with Gasteiger partial charge in [0.1, 0.15) is 0 Å². The molecule has 0 unspecified atom stereocenters. The molecule has 1 aliphatic rings. The van der Waals surface area contributed by atoms with Gasteiger partial charge in [0.15, 0.2) is 0 Å². The van der Waals surface area contributed by atoms with Crippen molar-refractivity contribution in [2.75, 3.05) is 0 Å². The summed E-state index contributed by atoms with van der Waals surface area (Å²) in [5.41, 5.74) is 1.16. The Kier molecular flexibility index (Phi) is 1.60. The second-order valence-corrected chi connectivity index (χ2v) is 3.24. The molecule has 0 aromatic heterocycles. The summed E-state index contributed by atoms with van der Waals surface area (Å²) in [4.78, 5) is 1.08. The summed E-state index contributed by atoms with van der Waals surface area (Å²) < 4.78 is 1.10. The van der Waals surface area contributed by atoms with E-state index in [0.717, 1.165) is 14.9 Å². The molecule has 1 aliphatic heterocycles. The number of hydroxylamine groups is 1. The van der Waals surface area contributed by atoms with E-state index in [0.29, 0.717) is 0 Å². The first-order chi connectivity index (χ1) is 5.36. The summed E-state index contributed by atoms with van der Waals surface area (Å²) >= 11 is 1.31. The van der Waals surface area contributed by atoms with Crippen LogP contribution in [0.2, 0.25) is 0 Å². The van der Waals surface area contributed by atoms with Gasteiger partial charge in [-0.2, -0.15) is 0 Å². The highest BCUT2D eigenvalue weighted by Gasteiger charge is 2.07. The lowest BCUT2D eigenvalue weighted by molar-refractivity contribution is 0.0694. The van der Waals surface area contributed by atoms with Crippen molar-refractivity contribution in [1.82, 2.24) is 4.47 Å². The summed E-state index contributed by atoms with van der Waals surface area (Å²) in [6.45, 7) is 0. The third-order valence-corrected chi connectivity index (χ3v) is 2.37. The second kappa shape index (κ2) is 2.60. The van der Waals surface area contributed by atoms with E-state index in [-0.39, 0.29) is 0 Å². The molecule has 0 radical (unpaired) electrons.